The van der Waals surface area contributed by atoms with Gasteiger partial charge < -0.3 is 10.6 Å². The summed E-state index contributed by atoms with van der Waals surface area (Å²) in [6.07, 6.45) is 1.86. The molecule has 1 aliphatic heterocycles. The predicted molar refractivity (Wildman–Crippen MR) is 99.5 cm³/mol. The maximum absolute atomic E-state index is 12.5. The van der Waals surface area contributed by atoms with Crippen molar-refractivity contribution >= 4 is 23.3 Å². The topological polar surface area (TPSA) is 76.0 Å². The lowest BCUT2D eigenvalue weighted by Gasteiger charge is -2.24. The molecule has 2 aromatic carbocycles. The highest BCUT2D eigenvalue weighted by Gasteiger charge is 2.30. The van der Waals surface area contributed by atoms with Gasteiger partial charge in [0.15, 0.2) is 0 Å². The number of hydrogen-bond acceptors (Lipinski definition) is 3. The molecule has 0 saturated carbocycles. The molecule has 2 amide bonds. The van der Waals surface area contributed by atoms with Crippen LogP contribution in [0.5, 0.6) is 0 Å². The van der Waals surface area contributed by atoms with Crippen LogP contribution in [0, 0.1) is 5.92 Å². The van der Waals surface area contributed by atoms with Crippen LogP contribution in [0.25, 0.3) is 11.1 Å². The monoisotopic (exact) mass is 346 g/mol. The number of fused-ring (bicyclic) bond motifs is 1. The summed E-state index contributed by atoms with van der Waals surface area (Å²) < 4.78 is 1.75. The third-order valence-electron chi connectivity index (χ3n) is 4.42. The third kappa shape index (κ3) is 3.21. The summed E-state index contributed by atoms with van der Waals surface area (Å²) in [7, 11) is 0. The molecule has 0 radical (unpaired) electrons. The van der Waals surface area contributed by atoms with Gasteiger partial charge in [-0.3, -0.25) is 9.59 Å². The van der Waals surface area contributed by atoms with E-state index >= 15 is 0 Å². The molecule has 6 nitrogen and oxygen atoms in total. The molecule has 6 heteroatoms. The SMILES string of the molecule is O=C(C[C@@H]1Cn2ncc(-c3ccccc3)c2NC1=O)Nc1ccccc1. The summed E-state index contributed by atoms with van der Waals surface area (Å²) in [5, 5.41) is 10.1. The van der Waals surface area contributed by atoms with E-state index < -0.39 is 5.92 Å². The van der Waals surface area contributed by atoms with Crippen molar-refractivity contribution in [1.29, 1.82) is 0 Å². The van der Waals surface area contributed by atoms with Gasteiger partial charge in [-0.2, -0.15) is 5.10 Å². The summed E-state index contributed by atoms with van der Waals surface area (Å²) in [5.41, 5.74) is 2.60. The smallest absolute Gasteiger partial charge is 0.231 e. The minimum Gasteiger partial charge on any atom is -0.326 e. The lowest BCUT2D eigenvalue weighted by Crippen LogP contribution is -2.36. The standard InChI is InChI=1S/C20H18N4O2/c25-18(22-16-9-5-2-6-10-16)11-15-13-24-19(23-20(15)26)17(12-21-24)14-7-3-1-4-8-14/h1-10,12,15H,11,13H2,(H,22,25)(H,23,26)/t15-/m1/s1. The minimum absolute atomic E-state index is 0.112. The van der Waals surface area contributed by atoms with Crippen molar-refractivity contribution in [2.75, 3.05) is 10.6 Å². The Balaban J connectivity index is 1.48. The average molecular weight is 346 g/mol. The second-order valence-electron chi connectivity index (χ2n) is 6.26. The molecule has 3 aromatic rings. The fourth-order valence-electron chi connectivity index (χ4n) is 3.11. The first-order valence-corrected chi connectivity index (χ1v) is 8.48. The minimum atomic E-state index is -0.449. The molecule has 0 aliphatic carbocycles. The summed E-state index contributed by atoms with van der Waals surface area (Å²) in [4.78, 5) is 24.7. The first-order chi connectivity index (χ1) is 12.7. The molecular weight excluding hydrogens is 328 g/mol. The molecule has 2 N–H and O–H groups in total. The number of anilines is 2. The fraction of sp³-hybridized carbons (Fsp3) is 0.150. The van der Waals surface area contributed by atoms with Crippen molar-refractivity contribution in [3.05, 3.63) is 66.9 Å². The van der Waals surface area contributed by atoms with E-state index in [1.54, 1.807) is 10.9 Å². The van der Waals surface area contributed by atoms with Gasteiger partial charge in [0.05, 0.1) is 18.7 Å². The zero-order chi connectivity index (χ0) is 17.9. The third-order valence-corrected chi connectivity index (χ3v) is 4.42. The Bertz CT molecular complexity index is 935. The molecular formula is C20H18N4O2. The van der Waals surface area contributed by atoms with E-state index in [9.17, 15) is 9.59 Å². The summed E-state index contributed by atoms with van der Waals surface area (Å²) in [6, 6.07) is 19.0. The number of amides is 2. The normalized spacial score (nSPS) is 15.8. The molecule has 0 saturated heterocycles. The van der Waals surface area contributed by atoms with Crippen LogP contribution in [-0.2, 0) is 16.1 Å². The fourth-order valence-corrected chi connectivity index (χ4v) is 3.11. The van der Waals surface area contributed by atoms with Gasteiger partial charge in [-0.1, -0.05) is 48.5 Å². The highest BCUT2D eigenvalue weighted by atomic mass is 16.2. The van der Waals surface area contributed by atoms with Crippen molar-refractivity contribution in [3.63, 3.8) is 0 Å². The molecule has 0 spiro atoms. The molecule has 4 rings (SSSR count). The highest BCUT2D eigenvalue weighted by Crippen LogP contribution is 2.31. The Hall–Kier alpha value is -3.41. The molecule has 2 heterocycles. The lowest BCUT2D eigenvalue weighted by atomic mass is 10.0. The second kappa shape index (κ2) is 6.84. The maximum atomic E-state index is 12.5. The second-order valence-corrected chi connectivity index (χ2v) is 6.26. The van der Waals surface area contributed by atoms with Gasteiger partial charge in [-0.05, 0) is 17.7 Å². The van der Waals surface area contributed by atoms with Crippen LogP contribution in [0.3, 0.4) is 0 Å². The number of para-hydroxylation sites is 1. The Morgan fingerprint density at radius 1 is 1.12 bits per heavy atom. The van der Waals surface area contributed by atoms with E-state index in [2.05, 4.69) is 15.7 Å². The number of nitrogens with one attached hydrogen (secondary N) is 2. The largest absolute Gasteiger partial charge is 0.326 e. The van der Waals surface area contributed by atoms with Gasteiger partial charge in [0.25, 0.3) is 0 Å². The quantitative estimate of drug-likeness (QED) is 0.762. The number of benzene rings is 2. The first kappa shape index (κ1) is 16.1. The molecule has 26 heavy (non-hydrogen) atoms. The van der Waals surface area contributed by atoms with Crippen LogP contribution in [0.4, 0.5) is 11.5 Å². The number of nitrogens with zero attached hydrogens (tertiary/aromatic N) is 2. The number of aromatic nitrogens is 2. The Labute approximate surface area is 150 Å². The van der Waals surface area contributed by atoms with E-state index in [1.165, 1.54) is 0 Å². The Kier molecular flexibility index (Phi) is 4.23. The average Bonchev–Trinajstić information content (AvgIpc) is 3.06. The van der Waals surface area contributed by atoms with Gasteiger partial charge >= 0.3 is 0 Å². The predicted octanol–water partition coefficient (Wildman–Crippen LogP) is 3.15. The van der Waals surface area contributed by atoms with Gasteiger partial charge in [0.1, 0.15) is 5.82 Å². The van der Waals surface area contributed by atoms with Crippen LogP contribution in [0.15, 0.2) is 66.9 Å². The molecule has 1 aromatic heterocycles. The maximum Gasteiger partial charge on any atom is 0.231 e. The van der Waals surface area contributed by atoms with Crippen LogP contribution in [0.1, 0.15) is 6.42 Å². The number of carbonyl (C=O) groups is 2. The summed E-state index contributed by atoms with van der Waals surface area (Å²) in [6.45, 7) is 0.385. The summed E-state index contributed by atoms with van der Waals surface area (Å²) in [5.74, 6) is -0.107. The van der Waals surface area contributed by atoms with Crippen molar-refractivity contribution in [3.8, 4) is 11.1 Å². The Morgan fingerprint density at radius 2 is 1.81 bits per heavy atom. The van der Waals surface area contributed by atoms with Crippen LogP contribution in [0.2, 0.25) is 0 Å². The van der Waals surface area contributed by atoms with E-state index in [4.69, 9.17) is 0 Å². The Morgan fingerprint density at radius 3 is 2.54 bits per heavy atom. The highest BCUT2D eigenvalue weighted by molar-refractivity contribution is 6.00. The summed E-state index contributed by atoms with van der Waals surface area (Å²) >= 11 is 0. The number of carbonyl (C=O) groups excluding carboxylic acids is 2. The van der Waals surface area contributed by atoms with Crippen molar-refractivity contribution < 1.29 is 9.59 Å². The van der Waals surface area contributed by atoms with Crippen LogP contribution >= 0.6 is 0 Å². The molecule has 1 aliphatic rings. The lowest BCUT2D eigenvalue weighted by molar-refractivity contribution is -0.125. The van der Waals surface area contributed by atoms with Gasteiger partial charge in [0, 0.05) is 17.7 Å². The number of hydrogen-bond donors (Lipinski definition) is 2. The van der Waals surface area contributed by atoms with E-state index in [0.29, 0.717) is 12.4 Å². The molecule has 0 unspecified atom stereocenters. The van der Waals surface area contributed by atoms with Gasteiger partial charge in [-0.25, -0.2) is 4.68 Å². The molecule has 0 bridgehead atoms. The van der Waals surface area contributed by atoms with Crippen molar-refractivity contribution in [2.45, 2.75) is 13.0 Å². The molecule has 1 atom stereocenters. The zero-order valence-electron chi connectivity index (χ0n) is 14.1. The molecule has 0 fully saturated rings. The van der Waals surface area contributed by atoms with Crippen LogP contribution in [-0.4, -0.2) is 21.6 Å². The van der Waals surface area contributed by atoms with Gasteiger partial charge in [0.2, 0.25) is 11.8 Å². The van der Waals surface area contributed by atoms with Crippen molar-refractivity contribution in [2.24, 2.45) is 5.92 Å². The van der Waals surface area contributed by atoms with E-state index in [1.807, 2.05) is 60.7 Å². The van der Waals surface area contributed by atoms with E-state index in [-0.39, 0.29) is 18.2 Å². The van der Waals surface area contributed by atoms with E-state index in [0.717, 1.165) is 16.8 Å². The van der Waals surface area contributed by atoms with Crippen molar-refractivity contribution in [1.82, 2.24) is 9.78 Å². The van der Waals surface area contributed by atoms with Gasteiger partial charge in [-0.15, -0.1) is 0 Å². The first-order valence-electron chi connectivity index (χ1n) is 8.48. The molecule has 130 valence electrons. The number of rotatable bonds is 4. The zero-order valence-corrected chi connectivity index (χ0v) is 14.1. The van der Waals surface area contributed by atoms with Crippen LogP contribution < -0.4 is 10.6 Å².